The number of carbonyl (C=O) groups excluding carboxylic acids is 2. The Labute approximate surface area is 101 Å². The number of hydrogen-bond donors (Lipinski definition) is 1. The Hall–Kier alpha value is -1.66. The first-order chi connectivity index (χ1) is 7.82. The lowest BCUT2D eigenvalue weighted by molar-refractivity contribution is -0.136. The first kappa shape index (κ1) is 13.4. The highest BCUT2D eigenvalue weighted by Gasteiger charge is 2.44. The molecule has 3 nitrogen and oxygen atoms in total. The highest BCUT2D eigenvalue weighted by Crippen LogP contribution is 2.36. The Balaban J connectivity index is 3.18. The molecule has 1 aliphatic carbocycles. The predicted octanol–water partition coefficient (Wildman–Crippen LogP) is 1.42. The van der Waals surface area contributed by atoms with Crippen LogP contribution in [-0.2, 0) is 9.59 Å². The molecule has 0 fully saturated rings. The fourth-order valence-electron chi connectivity index (χ4n) is 1.75. The minimum absolute atomic E-state index is 0.0696. The van der Waals surface area contributed by atoms with Crippen molar-refractivity contribution in [2.45, 2.75) is 27.7 Å². The highest BCUT2D eigenvalue weighted by atomic mass is 16.2. The first-order valence-corrected chi connectivity index (χ1v) is 5.42. The molecule has 0 heterocycles. The summed E-state index contributed by atoms with van der Waals surface area (Å²) in [6.45, 7) is 6.74. The monoisotopic (exact) mass is 232 g/mol. The SMILES string of the molecule is CC1=C(C#C/C(C)=C/CO)C(C)(C)C(=O)C1=O. The van der Waals surface area contributed by atoms with Gasteiger partial charge < -0.3 is 5.11 Å². The van der Waals surface area contributed by atoms with Crippen LogP contribution in [0, 0.1) is 17.3 Å². The highest BCUT2D eigenvalue weighted by molar-refractivity contribution is 6.48. The molecule has 0 saturated carbocycles. The molecular formula is C14H16O3. The second-order valence-corrected chi connectivity index (χ2v) is 4.60. The number of carbonyl (C=O) groups is 2. The van der Waals surface area contributed by atoms with E-state index in [1.807, 2.05) is 0 Å². The van der Waals surface area contributed by atoms with Gasteiger partial charge in [0.05, 0.1) is 12.0 Å². The Bertz CT molecular complexity index is 493. The third-order valence-electron chi connectivity index (χ3n) is 2.90. The van der Waals surface area contributed by atoms with E-state index in [1.165, 1.54) is 0 Å². The van der Waals surface area contributed by atoms with Gasteiger partial charge in [-0.2, -0.15) is 0 Å². The van der Waals surface area contributed by atoms with Crippen LogP contribution in [0.25, 0.3) is 0 Å². The minimum atomic E-state index is -0.826. The fourth-order valence-corrected chi connectivity index (χ4v) is 1.75. The van der Waals surface area contributed by atoms with E-state index in [4.69, 9.17) is 5.11 Å². The molecule has 0 amide bonds. The van der Waals surface area contributed by atoms with Crippen LogP contribution < -0.4 is 0 Å². The van der Waals surface area contributed by atoms with Crippen molar-refractivity contribution < 1.29 is 14.7 Å². The molecule has 17 heavy (non-hydrogen) atoms. The molecule has 0 aromatic rings. The first-order valence-electron chi connectivity index (χ1n) is 5.42. The van der Waals surface area contributed by atoms with Gasteiger partial charge in [0.1, 0.15) is 0 Å². The van der Waals surface area contributed by atoms with Crippen LogP contribution in [0.2, 0.25) is 0 Å². The predicted molar refractivity (Wildman–Crippen MR) is 65.1 cm³/mol. The van der Waals surface area contributed by atoms with E-state index >= 15 is 0 Å². The van der Waals surface area contributed by atoms with Crippen molar-refractivity contribution in [1.29, 1.82) is 0 Å². The zero-order chi connectivity index (χ0) is 13.2. The summed E-state index contributed by atoms with van der Waals surface area (Å²) in [5.41, 5.74) is 0.908. The van der Waals surface area contributed by atoms with E-state index in [-0.39, 0.29) is 6.61 Å². The van der Waals surface area contributed by atoms with Gasteiger partial charge in [-0.25, -0.2) is 0 Å². The summed E-state index contributed by atoms with van der Waals surface area (Å²) < 4.78 is 0. The molecule has 0 spiro atoms. The standard InChI is InChI=1S/C14H16O3/c1-9(7-8-15)5-6-11-10(2)12(16)13(17)14(11,3)4/h7,15H,8H2,1-4H3/b9-7+. The minimum Gasteiger partial charge on any atom is -0.392 e. The third kappa shape index (κ3) is 2.37. The van der Waals surface area contributed by atoms with E-state index < -0.39 is 17.0 Å². The summed E-state index contributed by atoms with van der Waals surface area (Å²) in [5, 5.41) is 8.70. The lowest BCUT2D eigenvalue weighted by Gasteiger charge is -2.15. The summed E-state index contributed by atoms with van der Waals surface area (Å²) in [6.07, 6.45) is 1.58. The van der Waals surface area contributed by atoms with Gasteiger partial charge in [0.2, 0.25) is 11.6 Å². The summed E-state index contributed by atoms with van der Waals surface area (Å²) in [4.78, 5) is 23.3. The summed E-state index contributed by atoms with van der Waals surface area (Å²) in [6, 6.07) is 0. The Morgan fingerprint density at radius 2 is 2.00 bits per heavy atom. The van der Waals surface area contributed by atoms with Crippen LogP contribution in [0.15, 0.2) is 22.8 Å². The van der Waals surface area contributed by atoms with Gasteiger partial charge in [0.15, 0.2) is 0 Å². The molecule has 0 saturated heterocycles. The second-order valence-electron chi connectivity index (χ2n) is 4.60. The van der Waals surface area contributed by atoms with E-state index in [1.54, 1.807) is 33.8 Å². The molecule has 1 N–H and O–H groups in total. The van der Waals surface area contributed by atoms with Gasteiger partial charge in [-0.15, -0.1) is 0 Å². The zero-order valence-electron chi connectivity index (χ0n) is 10.5. The average Bonchev–Trinajstić information content (AvgIpc) is 2.39. The number of aliphatic hydroxyl groups is 1. The normalized spacial score (nSPS) is 19.5. The number of rotatable bonds is 1. The molecule has 0 radical (unpaired) electrons. The maximum atomic E-state index is 11.7. The maximum absolute atomic E-state index is 11.7. The van der Waals surface area contributed by atoms with Crippen LogP contribution in [-0.4, -0.2) is 23.3 Å². The van der Waals surface area contributed by atoms with Crippen LogP contribution >= 0.6 is 0 Å². The van der Waals surface area contributed by atoms with E-state index in [0.717, 1.165) is 5.57 Å². The van der Waals surface area contributed by atoms with E-state index in [0.29, 0.717) is 11.1 Å². The van der Waals surface area contributed by atoms with Gasteiger partial charge in [0.25, 0.3) is 0 Å². The van der Waals surface area contributed by atoms with Crippen molar-refractivity contribution in [3.8, 4) is 11.8 Å². The molecule has 90 valence electrons. The molecule has 1 rings (SSSR count). The number of aliphatic hydroxyl groups excluding tert-OH is 1. The number of Topliss-reactive ketones (excluding diaryl/α,β-unsaturated/α-hetero) is 2. The van der Waals surface area contributed by atoms with Crippen molar-refractivity contribution >= 4 is 11.6 Å². The Morgan fingerprint density at radius 1 is 1.41 bits per heavy atom. The second kappa shape index (κ2) is 4.68. The lowest BCUT2D eigenvalue weighted by Crippen LogP contribution is -2.25. The number of hydrogen-bond acceptors (Lipinski definition) is 3. The molecule has 0 aromatic carbocycles. The van der Waals surface area contributed by atoms with Crippen molar-refractivity contribution in [3.63, 3.8) is 0 Å². The van der Waals surface area contributed by atoms with Gasteiger partial charge in [-0.1, -0.05) is 11.8 Å². The molecule has 1 aliphatic rings. The topological polar surface area (TPSA) is 54.4 Å². The quantitative estimate of drug-likeness (QED) is 0.549. The molecule has 0 bridgehead atoms. The molecule has 0 unspecified atom stereocenters. The van der Waals surface area contributed by atoms with Gasteiger partial charge in [-0.05, 0) is 39.3 Å². The van der Waals surface area contributed by atoms with Gasteiger partial charge in [-0.3, -0.25) is 9.59 Å². The maximum Gasteiger partial charge on any atom is 0.226 e. The van der Waals surface area contributed by atoms with Gasteiger partial charge >= 0.3 is 0 Å². The van der Waals surface area contributed by atoms with Crippen molar-refractivity contribution in [1.82, 2.24) is 0 Å². The molecule has 3 heteroatoms. The van der Waals surface area contributed by atoms with Crippen LogP contribution in [0.1, 0.15) is 27.7 Å². The van der Waals surface area contributed by atoms with E-state index in [2.05, 4.69) is 11.8 Å². The Kier molecular flexibility index (Phi) is 3.69. The van der Waals surface area contributed by atoms with E-state index in [9.17, 15) is 9.59 Å². The summed E-state index contributed by atoms with van der Waals surface area (Å²) >= 11 is 0. The number of ketones is 2. The Morgan fingerprint density at radius 3 is 2.41 bits per heavy atom. The average molecular weight is 232 g/mol. The summed E-state index contributed by atoms with van der Waals surface area (Å²) in [5.74, 6) is 4.88. The molecule has 0 atom stereocenters. The smallest absolute Gasteiger partial charge is 0.226 e. The molecule has 0 aliphatic heterocycles. The zero-order valence-corrected chi connectivity index (χ0v) is 10.5. The van der Waals surface area contributed by atoms with Crippen LogP contribution in [0.5, 0.6) is 0 Å². The third-order valence-corrected chi connectivity index (χ3v) is 2.90. The summed E-state index contributed by atoms with van der Waals surface area (Å²) in [7, 11) is 0. The van der Waals surface area contributed by atoms with Crippen molar-refractivity contribution in [2.75, 3.05) is 6.61 Å². The van der Waals surface area contributed by atoms with Crippen LogP contribution in [0.4, 0.5) is 0 Å². The van der Waals surface area contributed by atoms with Crippen molar-refractivity contribution in [3.05, 3.63) is 22.8 Å². The largest absolute Gasteiger partial charge is 0.392 e. The van der Waals surface area contributed by atoms with Gasteiger partial charge in [0, 0.05) is 11.1 Å². The molecule has 0 aromatic heterocycles. The fraction of sp³-hybridized carbons (Fsp3) is 0.429. The van der Waals surface area contributed by atoms with Crippen molar-refractivity contribution in [2.24, 2.45) is 5.41 Å². The molecular weight excluding hydrogens is 216 g/mol. The van der Waals surface area contributed by atoms with Crippen LogP contribution in [0.3, 0.4) is 0 Å². The lowest BCUT2D eigenvalue weighted by atomic mass is 9.84. The number of allylic oxidation sites excluding steroid dienone is 3.